The van der Waals surface area contributed by atoms with Crippen LogP contribution in [0.15, 0.2) is 35.1 Å². The van der Waals surface area contributed by atoms with E-state index in [-0.39, 0.29) is 23.1 Å². The van der Waals surface area contributed by atoms with Crippen molar-refractivity contribution in [1.29, 1.82) is 5.26 Å². The van der Waals surface area contributed by atoms with Crippen molar-refractivity contribution in [3.8, 4) is 6.07 Å². The third kappa shape index (κ3) is 3.85. The molecule has 1 atom stereocenters. The Labute approximate surface area is 153 Å². The van der Waals surface area contributed by atoms with Crippen LogP contribution in [-0.4, -0.2) is 10.9 Å². The molecule has 1 aliphatic carbocycles. The van der Waals surface area contributed by atoms with E-state index in [4.69, 9.17) is 5.26 Å². The van der Waals surface area contributed by atoms with Crippen LogP contribution in [0.1, 0.15) is 53.3 Å². The van der Waals surface area contributed by atoms with Gasteiger partial charge in [-0.25, -0.2) is 0 Å². The number of nitrogens with one attached hydrogen (secondary N) is 2. The van der Waals surface area contributed by atoms with E-state index in [1.165, 1.54) is 0 Å². The molecule has 26 heavy (non-hydrogen) atoms. The van der Waals surface area contributed by atoms with Crippen LogP contribution in [0.4, 0.5) is 0 Å². The summed E-state index contributed by atoms with van der Waals surface area (Å²) in [5, 5.41) is 12.3. The van der Waals surface area contributed by atoms with Crippen molar-refractivity contribution in [1.82, 2.24) is 10.3 Å². The Kier molecular flexibility index (Phi) is 5.22. The molecule has 1 saturated carbocycles. The second kappa shape index (κ2) is 7.57. The molecule has 0 bridgehead atoms. The first-order valence-electron chi connectivity index (χ1n) is 8.98. The highest BCUT2D eigenvalue weighted by Gasteiger charge is 2.33. The Morgan fingerprint density at radius 1 is 1.31 bits per heavy atom. The maximum absolute atomic E-state index is 12.5. The first-order valence-corrected chi connectivity index (χ1v) is 8.98. The molecule has 2 aromatic rings. The lowest BCUT2D eigenvalue weighted by atomic mass is 9.98. The van der Waals surface area contributed by atoms with Crippen molar-refractivity contribution in [2.24, 2.45) is 5.92 Å². The summed E-state index contributed by atoms with van der Waals surface area (Å²) in [6, 6.07) is 12.1. The molecule has 1 aromatic carbocycles. The van der Waals surface area contributed by atoms with E-state index in [1.54, 1.807) is 13.8 Å². The van der Waals surface area contributed by atoms with Gasteiger partial charge in [-0.05, 0) is 55.7 Å². The average molecular weight is 349 g/mol. The van der Waals surface area contributed by atoms with Crippen molar-refractivity contribution in [2.75, 3.05) is 0 Å². The molecule has 134 valence electrons. The molecule has 5 nitrogen and oxygen atoms in total. The van der Waals surface area contributed by atoms with Crippen LogP contribution < -0.4 is 10.9 Å². The van der Waals surface area contributed by atoms with Crippen LogP contribution >= 0.6 is 0 Å². The monoisotopic (exact) mass is 349 g/mol. The van der Waals surface area contributed by atoms with Gasteiger partial charge in [-0.3, -0.25) is 9.59 Å². The number of nitriles is 1. The molecule has 2 N–H and O–H groups in total. The molecule has 1 unspecified atom stereocenters. The van der Waals surface area contributed by atoms with Gasteiger partial charge in [-0.15, -0.1) is 0 Å². The van der Waals surface area contributed by atoms with Gasteiger partial charge in [0.05, 0.1) is 6.04 Å². The standard InChI is InChI=1S/C21H23N3O2/c1-13-17(14(2)23-21(26)18(13)12-22)10-11-19(25)24-20(16-8-9-16)15-6-4-3-5-7-15/h3-7,16,20H,8-11H2,1-2H3,(H,23,26)(H,24,25). The first kappa shape index (κ1) is 17.9. The molecule has 1 aromatic heterocycles. The first-order chi connectivity index (χ1) is 12.5. The maximum Gasteiger partial charge on any atom is 0.266 e. The molecule has 0 radical (unpaired) electrons. The number of rotatable bonds is 6. The Balaban J connectivity index is 1.70. The van der Waals surface area contributed by atoms with Gasteiger partial charge in [0.15, 0.2) is 0 Å². The van der Waals surface area contributed by atoms with Crippen LogP contribution in [-0.2, 0) is 11.2 Å². The van der Waals surface area contributed by atoms with E-state index in [0.29, 0.717) is 24.3 Å². The lowest BCUT2D eigenvalue weighted by Gasteiger charge is -2.19. The van der Waals surface area contributed by atoms with Crippen molar-refractivity contribution in [3.63, 3.8) is 0 Å². The zero-order valence-corrected chi connectivity index (χ0v) is 15.1. The number of aromatic amines is 1. The zero-order valence-electron chi connectivity index (χ0n) is 15.1. The Hall–Kier alpha value is -2.87. The van der Waals surface area contributed by atoms with Gasteiger partial charge in [0.25, 0.3) is 5.56 Å². The lowest BCUT2D eigenvalue weighted by molar-refractivity contribution is -0.122. The SMILES string of the molecule is Cc1[nH]c(=O)c(C#N)c(C)c1CCC(=O)NC(c1ccccc1)C1CC1. The molecule has 0 aliphatic heterocycles. The summed E-state index contributed by atoms with van der Waals surface area (Å²) in [6.07, 6.45) is 3.11. The maximum atomic E-state index is 12.5. The highest BCUT2D eigenvalue weighted by atomic mass is 16.1. The van der Waals surface area contributed by atoms with Crippen LogP contribution in [0.2, 0.25) is 0 Å². The number of nitrogens with zero attached hydrogens (tertiary/aromatic N) is 1. The summed E-state index contributed by atoms with van der Waals surface area (Å²) >= 11 is 0. The number of pyridine rings is 1. The fraction of sp³-hybridized carbons (Fsp3) is 0.381. The summed E-state index contributed by atoms with van der Waals surface area (Å²) in [4.78, 5) is 27.0. The highest BCUT2D eigenvalue weighted by Crippen LogP contribution is 2.41. The predicted octanol–water partition coefficient (Wildman–Crippen LogP) is 3.06. The largest absolute Gasteiger partial charge is 0.349 e. The minimum atomic E-state index is -0.367. The van der Waals surface area contributed by atoms with E-state index in [9.17, 15) is 9.59 Å². The Bertz CT molecular complexity index is 905. The summed E-state index contributed by atoms with van der Waals surface area (Å²) in [7, 11) is 0. The van der Waals surface area contributed by atoms with Gasteiger partial charge in [-0.1, -0.05) is 30.3 Å². The average Bonchev–Trinajstić information content (AvgIpc) is 3.45. The van der Waals surface area contributed by atoms with Crippen molar-refractivity contribution >= 4 is 5.91 Å². The third-order valence-corrected chi connectivity index (χ3v) is 5.09. The summed E-state index contributed by atoms with van der Waals surface area (Å²) in [6.45, 7) is 3.57. The van der Waals surface area contributed by atoms with Gasteiger partial charge in [0.2, 0.25) is 5.91 Å². The van der Waals surface area contributed by atoms with Gasteiger partial charge >= 0.3 is 0 Å². The molecule has 3 rings (SSSR count). The smallest absolute Gasteiger partial charge is 0.266 e. The van der Waals surface area contributed by atoms with Crippen molar-refractivity contribution in [2.45, 2.75) is 45.6 Å². The molecular weight excluding hydrogens is 326 g/mol. The van der Waals surface area contributed by atoms with E-state index in [1.807, 2.05) is 24.3 Å². The fourth-order valence-electron chi connectivity index (χ4n) is 3.47. The lowest BCUT2D eigenvalue weighted by Crippen LogP contribution is -2.30. The number of hydrogen-bond donors (Lipinski definition) is 2. The molecule has 5 heteroatoms. The minimum Gasteiger partial charge on any atom is -0.349 e. The van der Waals surface area contributed by atoms with Crippen molar-refractivity contribution in [3.05, 3.63) is 68.6 Å². The van der Waals surface area contributed by atoms with Gasteiger partial charge < -0.3 is 10.3 Å². The second-order valence-electron chi connectivity index (χ2n) is 6.96. The van der Waals surface area contributed by atoms with Crippen LogP contribution in [0.25, 0.3) is 0 Å². The summed E-state index contributed by atoms with van der Waals surface area (Å²) in [5.74, 6) is 0.511. The molecular formula is C21H23N3O2. The van der Waals surface area contributed by atoms with Gasteiger partial charge in [0, 0.05) is 12.1 Å². The van der Waals surface area contributed by atoms with Crippen LogP contribution in [0.5, 0.6) is 0 Å². The topological polar surface area (TPSA) is 85.8 Å². The molecule has 1 fully saturated rings. The van der Waals surface area contributed by atoms with E-state index >= 15 is 0 Å². The van der Waals surface area contributed by atoms with Gasteiger partial charge in [-0.2, -0.15) is 5.26 Å². The van der Waals surface area contributed by atoms with E-state index < -0.39 is 0 Å². The van der Waals surface area contributed by atoms with E-state index in [2.05, 4.69) is 22.4 Å². The Morgan fingerprint density at radius 2 is 2.00 bits per heavy atom. The number of benzene rings is 1. The minimum absolute atomic E-state index is 0.00531. The number of H-pyrrole nitrogens is 1. The zero-order chi connectivity index (χ0) is 18.7. The molecule has 0 spiro atoms. The highest BCUT2D eigenvalue weighted by molar-refractivity contribution is 5.77. The van der Waals surface area contributed by atoms with Crippen LogP contribution in [0.3, 0.4) is 0 Å². The third-order valence-electron chi connectivity index (χ3n) is 5.09. The second-order valence-corrected chi connectivity index (χ2v) is 6.96. The summed E-state index contributed by atoms with van der Waals surface area (Å²) < 4.78 is 0. The predicted molar refractivity (Wildman–Crippen MR) is 99.6 cm³/mol. The van der Waals surface area contributed by atoms with E-state index in [0.717, 1.165) is 29.7 Å². The molecule has 1 amide bonds. The molecule has 0 saturated heterocycles. The number of aryl methyl sites for hydroxylation is 1. The quantitative estimate of drug-likeness (QED) is 0.840. The number of hydrogen-bond acceptors (Lipinski definition) is 3. The molecule has 1 aliphatic rings. The number of carbonyl (C=O) groups excluding carboxylic acids is 1. The summed E-state index contributed by atoms with van der Waals surface area (Å²) in [5.41, 5.74) is 3.18. The fourth-order valence-corrected chi connectivity index (χ4v) is 3.47. The molecule has 1 heterocycles. The Morgan fingerprint density at radius 3 is 2.62 bits per heavy atom. The number of amides is 1. The number of aromatic nitrogens is 1. The normalized spacial score (nSPS) is 14.5. The van der Waals surface area contributed by atoms with Gasteiger partial charge in [0.1, 0.15) is 11.6 Å². The number of carbonyl (C=O) groups is 1. The van der Waals surface area contributed by atoms with Crippen molar-refractivity contribution < 1.29 is 4.79 Å². The van der Waals surface area contributed by atoms with Crippen LogP contribution in [0, 0.1) is 31.1 Å².